The van der Waals surface area contributed by atoms with E-state index in [-0.39, 0.29) is 29.8 Å². The van der Waals surface area contributed by atoms with Crippen molar-refractivity contribution in [2.75, 3.05) is 13.1 Å². The molecule has 2 fully saturated rings. The number of amides is 2. The van der Waals surface area contributed by atoms with Gasteiger partial charge in [-0.3, -0.25) is 9.59 Å². The minimum Gasteiger partial charge on any atom is -0.344 e. The van der Waals surface area contributed by atoms with Gasteiger partial charge in [-0.15, -0.1) is 0 Å². The van der Waals surface area contributed by atoms with Crippen molar-refractivity contribution in [3.8, 4) is 0 Å². The summed E-state index contributed by atoms with van der Waals surface area (Å²) in [6, 6.07) is -0.210. The van der Waals surface area contributed by atoms with E-state index in [1.165, 1.54) is 6.92 Å². The Morgan fingerprint density at radius 2 is 1.88 bits per heavy atom. The summed E-state index contributed by atoms with van der Waals surface area (Å²) in [6.45, 7) is 6.74. The fourth-order valence-corrected chi connectivity index (χ4v) is 4.32. The van der Waals surface area contributed by atoms with Crippen LogP contribution in [0.4, 0.5) is 0 Å². The summed E-state index contributed by atoms with van der Waals surface area (Å²) in [4.78, 5) is 31.1. The van der Waals surface area contributed by atoms with Gasteiger partial charge in [0.15, 0.2) is 0 Å². The van der Waals surface area contributed by atoms with E-state index < -0.39 is 0 Å². The van der Waals surface area contributed by atoms with E-state index in [9.17, 15) is 9.59 Å². The van der Waals surface area contributed by atoms with Crippen LogP contribution < -0.4 is 5.32 Å². The predicted molar refractivity (Wildman–Crippen MR) is 93.9 cm³/mol. The molecule has 0 spiro atoms. The molecule has 2 heterocycles. The van der Waals surface area contributed by atoms with Crippen LogP contribution in [0.3, 0.4) is 0 Å². The maximum absolute atomic E-state index is 13.2. The average Bonchev–Trinajstić information content (AvgIpc) is 3.21. The summed E-state index contributed by atoms with van der Waals surface area (Å²) in [5.74, 6) is 1.88. The maximum Gasteiger partial charge on any atom is 0.245 e. The molecule has 1 aromatic rings. The molecule has 138 valence electrons. The van der Waals surface area contributed by atoms with Crippen LogP contribution in [0.2, 0.25) is 0 Å². The number of nitrogens with zero attached hydrogens (tertiary/aromatic N) is 4. The van der Waals surface area contributed by atoms with Crippen molar-refractivity contribution in [3.63, 3.8) is 0 Å². The van der Waals surface area contributed by atoms with E-state index in [0.29, 0.717) is 6.54 Å². The normalized spacial score (nSPS) is 22.8. The van der Waals surface area contributed by atoms with Crippen LogP contribution in [0.25, 0.3) is 0 Å². The Labute approximate surface area is 149 Å². The van der Waals surface area contributed by atoms with Gasteiger partial charge in [-0.05, 0) is 45.4 Å². The Bertz CT molecular complexity index is 635. The molecular formula is C18H29N5O2. The van der Waals surface area contributed by atoms with Crippen molar-refractivity contribution < 1.29 is 9.59 Å². The highest BCUT2D eigenvalue weighted by molar-refractivity contribution is 5.87. The van der Waals surface area contributed by atoms with Gasteiger partial charge in [-0.25, -0.2) is 9.67 Å². The SMILES string of the molecule is CC(=O)NC(C(=O)N1CCCC(n2nc(C)nc2C)C1)C1CCCC1. The zero-order valence-corrected chi connectivity index (χ0v) is 15.5. The number of hydrogen-bond acceptors (Lipinski definition) is 4. The number of hydrogen-bond donors (Lipinski definition) is 1. The highest BCUT2D eigenvalue weighted by Crippen LogP contribution is 2.30. The molecule has 2 atom stereocenters. The van der Waals surface area contributed by atoms with Crippen molar-refractivity contribution in [2.45, 2.75) is 71.4 Å². The monoisotopic (exact) mass is 347 g/mol. The number of nitrogens with one attached hydrogen (secondary N) is 1. The molecule has 0 aromatic carbocycles. The molecule has 1 N–H and O–H groups in total. The van der Waals surface area contributed by atoms with E-state index >= 15 is 0 Å². The first kappa shape index (κ1) is 17.9. The molecule has 2 amide bonds. The minimum absolute atomic E-state index is 0.0706. The Balaban J connectivity index is 1.73. The summed E-state index contributed by atoms with van der Waals surface area (Å²) in [6.07, 6.45) is 6.29. The second-order valence-electron chi connectivity index (χ2n) is 7.45. The van der Waals surface area contributed by atoms with Gasteiger partial charge in [0, 0.05) is 20.0 Å². The van der Waals surface area contributed by atoms with E-state index in [1.807, 2.05) is 23.4 Å². The van der Waals surface area contributed by atoms with Crippen LogP contribution in [-0.4, -0.2) is 50.6 Å². The van der Waals surface area contributed by atoms with E-state index in [4.69, 9.17) is 0 Å². The summed E-state index contributed by atoms with van der Waals surface area (Å²) in [5.41, 5.74) is 0. The molecule has 7 heteroatoms. The average molecular weight is 347 g/mol. The van der Waals surface area contributed by atoms with Gasteiger partial charge in [0.2, 0.25) is 11.8 Å². The molecule has 2 unspecified atom stereocenters. The Kier molecular flexibility index (Phi) is 5.39. The Morgan fingerprint density at radius 1 is 1.16 bits per heavy atom. The molecule has 2 aliphatic rings. The minimum atomic E-state index is -0.377. The van der Waals surface area contributed by atoms with Crippen LogP contribution in [0.1, 0.15) is 63.1 Å². The van der Waals surface area contributed by atoms with Gasteiger partial charge in [0.05, 0.1) is 6.04 Å². The predicted octanol–water partition coefficient (Wildman–Crippen LogP) is 1.75. The highest BCUT2D eigenvalue weighted by Gasteiger charge is 2.36. The largest absolute Gasteiger partial charge is 0.344 e. The molecule has 1 saturated heterocycles. The molecule has 0 bridgehead atoms. The molecule has 1 aliphatic heterocycles. The van der Waals surface area contributed by atoms with Gasteiger partial charge < -0.3 is 10.2 Å². The number of carbonyl (C=O) groups is 2. The van der Waals surface area contributed by atoms with Crippen LogP contribution in [-0.2, 0) is 9.59 Å². The molecule has 0 radical (unpaired) electrons. The molecule has 25 heavy (non-hydrogen) atoms. The molecule has 1 saturated carbocycles. The molecule has 3 rings (SSSR count). The number of rotatable bonds is 4. The van der Waals surface area contributed by atoms with Crippen molar-refractivity contribution in [3.05, 3.63) is 11.6 Å². The first-order valence-electron chi connectivity index (χ1n) is 9.41. The third-order valence-corrected chi connectivity index (χ3v) is 5.46. The van der Waals surface area contributed by atoms with Crippen LogP contribution in [0.5, 0.6) is 0 Å². The first-order valence-corrected chi connectivity index (χ1v) is 9.41. The Hall–Kier alpha value is -1.92. The van der Waals surface area contributed by atoms with Crippen molar-refractivity contribution in [1.29, 1.82) is 0 Å². The number of aryl methyl sites for hydroxylation is 2. The summed E-state index contributed by atoms with van der Waals surface area (Å²) >= 11 is 0. The maximum atomic E-state index is 13.2. The molecule has 1 aromatic heterocycles. The lowest BCUT2D eigenvalue weighted by atomic mass is 9.95. The molecule has 1 aliphatic carbocycles. The van der Waals surface area contributed by atoms with E-state index in [0.717, 1.165) is 56.7 Å². The van der Waals surface area contributed by atoms with Crippen LogP contribution in [0.15, 0.2) is 0 Å². The summed E-state index contributed by atoms with van der Waals surface area (Å²) < 4.78 is 1.96. The summed E-state index contributed by atoms with van der Waals surface area (Å²) in [5, 5.41) is 7.42. The van der Waals surface area contributed by atoms with Gasteiger partial charge in [-0.1, -0.05) is 12.8 Å². The first-order chi connectivity index (χ1) is 12.0. The molecular weight excluding hydrogens is 318 g/mol. The topological polar surface area (TPSA) is 80.1 Å². The van der Waals surface area contributed by atoms with Crippen LogP contribution >= 0.6 is 0 Å². The lowest BCUT2D eigenvalue weighted by Crippen LogP contribution is -2.53. The lowest BCUT2D eigenvalue weighted by molar-refractivity contribution is -0.139. The number of likely N-dealkylation sites (tertiary alicyclic amines) is 1. The smallest absolute Gasteiger partial charge is 0.245 e. The van der Waals surface area contributed by atoms with Crippen molar-refractivity contribution in [1.82, 2.24) is 25.0 Å². The standard InChI is InChI=1S/C18H29N5O2/c1-12-19-13(2)23(21-12)16-9-6-10-22(11-16)18(25)17(20-14(3)24)15-7-4-5-8-15/h15-17H,4-11H2,1-3H3,(H,20,24). The highest BCUT2D eigenvalue weighted by atomic mass is 16.2. The summed E-state index contributed by atoms with van der Waals surface area (Å²) in [7, 11) is 0. The van der Waals surface area contributed by atoms with Crippen molar-refractivity contribution in [2.24, 2.45) is 5.92 Å². The third kappa shape index (κ3) is 4.02. The van der Waals surface area contributed by atoms with Crippen LogP contribution in [0, 0.1) is 19.8 Å². The quantitative estimate of drug-likeness (QED) is 0.900. The Morgan fingerprint density at radius 3 is 2.48 bits per heavy atom. The fourth-order valence-electron chi connectivity index (χ4n) is 4.32. The zero-order chi connectivity index (χ0) is 18.0. The van der Waals surface area contributed by atoms with Gasteiger partial charge in [0.1, 0.15) is 17.7 Å². The second-order valence-corrected chi connectivity index (χ2v) is 7.45. The van der Waals surface area contributed by atoms with E-state index in [2.05, 4.69) is 15.4 Å². The number of carbonyl (C=O) groups excluding carboxylic acids is 2. The zero-order valence-electron chi connectivity index (χ0n) is 15.5. The molecule has 7 nitrogen and oxygen atoms in total. The number of aromatic nitrogens is 3. The number of piperidine rings is 1. The lowest BCUT2D eigenvalue weighted by Gasteiger charge is -2.36. The van der Waals surface area contributed by atoms with Gasteiger partial charge >= 0.3 is 0 Å². The van der Waals surface area contributed by atoms with Gasteiger partial charge in [-0.2, -0.15) is 5.10 Å². The second kappa shape index (κ2) is 7.54. The fraction of sp³-hybridized carbons (Fsp3) is 0.778. The third-order valence-electron chi connectivity index (χ3n) is 5.46. The van der Waals surface area contributed by atoms with Gasteiger partial charge in [0.25, 0.3) is 0 Å². The van der Waals surface area contributed by atoms with E-state index in [1.54, 1.807) is 0 Å². The van der Waals surface area contributed by atoms with Crippen molar-refractivity contribution >= 4 is 11.8 Å².